The van der Waals surface area contributed by atoms with Crippen LogP contribution in [0.5, 0.6) is 0 Å². The number of hydrogen-bond donors (Lipinski definition) is 1. The van der Waals surface area contributed by atoms with Gasteiger partial charge in [0.15, 0.2) is 5.58 Å². The number of oxazole rings is 1. The van der Waals surface area contributed by atoms with E-state index in [9.17, 15) is 18.0 Å². The van der Waals surface area contributed by atoms with E-state index in [2.05, 4.69) is 5.32 Å². The number of benzene rings is 2. The zero-order valence-electron chi connectivity index (χ0n) is 16.7. The van der Waals surface area contributed by atoms with E-state index < -0.39 is 15.8 Å². The van der Waals surface area contributed by atoms with Crippen LogP contribution in [0.3, 0.4) is 0 Å². The molecule has 2 aromatic carbocycles. The van der Waals surface area contributed by atoms with Gasteiger partial charge in [0, 0.05) is 43.7 Å². The van der Waals surface area contributed by atoms with Gasteiger partial charge < -0.3 is 9.73 Å². The smallest absolute Gasteiger partial charge is 0.408 e. The molecule has 0 bridgehead atoms. The van der Waals surface area contributed by atoms with Crippen LogP contribution >= 0.6 is 11.6 Å². The molecule has 3 aromatic rings. The summed E-state index contributed by atoms with van der Waals surface area (Å²) in [5, 5.41) is 3.38. The maximum Gasteiger partial charge on any atom is 0.419 e. The minimum Gasteiger partial charge on any atom is -0.408 e. The van der Waals surface area contributed by atoms with Gasteiger partial charge >= 0.3 is 5.76 Å². The highest BCUT2D eigenvalue weighted by Crippen LogP contribution is 2.24. The molecule has 10 heteroatoms. The van der Waals surface area contributed by atoms with Crippen LogP contribution in [-0.2, 0) is 27.9 Å². The van der Waals surface area contributed by atoms with Crippen molar-refractivity contribution in [1.82, 2.24) is 14.2 Å². The van der Waals surface area contributed by atoms with E-state index in [4.69, 9.17) is 16.0 Å². The van der Waals surface area contributed by atoms with Crippen molar-refractivity contribution in [2.75, 3.05) is 13.1 Å². The molecular formula is C21H22ClN3O5S. The average molecular weight is 464 g/mol. The normalized spacial score (nSPS) is 14.9. The molecule has 1 aliphatic rings. The highest BCUT2D eigenvalue weighted by molar-refractivity contribution is 7.89. The van der Waals surface area contributed by atoms with Crippen molar-refractivity contribution in [3.05, 3.63) is 63.6 Å². The van der Waals surface area contributed by atoms with Crippen molar-refractivity contribution < 1.29 is 17.6 Å². The summed E-state index contributed by atoms with van der Waals surface area (Å²) in [4.78, 5) is 24.6. The molecule has 0 aliphatic carbocycles. The first-order valence-corrected chi connectivity index (χ1v) is 11.8. The highest BCUT2D eigenvalue weighted by Gasteiger charge is 2.28. The van der Waals surface area contributed by atoms with Crippen molar-refractivity contribution in [1.29, 1.82) is 0 Å². The van der Waals surface area contributed by atoms with Crippen molar-refractivity contribution >= 4 is 38.6 Å². The van der Waals surface area contributed by atoms with Gasteiger partial charge in [0.25, 0.3) is 0 Å². The Morgan fingerprint density at radius 2 is 1.90 bits per heavy atom. The molecule has 0 atom stereocenters. The Labute approximate surface area is 184 Å². The van der Waals surface area contributed by atoms with E-state index in [1.165, 1.54) is 21.0 Å². The number of carbonyl (C=O) groups excluding carboxylic acids is 1. The largest absolute Gasteiger partial charge is 0.419 e. The molecule has 0 unspecified atom stereocenters. The molecule has 0 radical (unpaired) electrons. The molecule has 164 valence electrons. The third-order valence-corrected chi connectivity index (χ3v) is 7.41. The fraction of sp³-hybridized carbons (Fsp3) is 0.333. The second kappa shape index (κ2) is 8.86. The Hall–Kier alpha value is -2.62. The molecular weight excluding hydrogens is 442 g/mol. The second-order valence-corrected chi connectivity index (χ2v) is 9.79. The van der Waals surface area contributed by atoms with E-state index in [0.717, 1.165) is 18.4 Å². The average Bonchev–Trinajstić information content (AvgIpc) is 3.38. The summed E-state index contributed by atoms with van der Waals surface area (Å²) in [6, 6.07) is 11.6. The quantitative estimate of drug-likeness (QED) is 0.580. The van der Waals surface area contributed by atoms with Crippen molar-refractivity contribution in [3.63, 3.8) is 0 Å². The maximum atomic E-state index is 12.7. The lowest BCUT2D eigenvalue weighted by Gasteiger charge is -2.15. The van der Waals surface area contributed by atoms with Crippen molar-refractivity contribution in [3.8, 4) is 0 Å². The fourth-order valence-electron chi connectivity index (χ4n) is 3.65. The Morgan fingerprint density at radius 1 is 1.13 bits per heavy atom. The van der Waals surface area contributed by atoms with Crippen LogP contribution in [0.1, 0.15) is 24.8 Å². The minimum atomic E-state index is -3.61. The molecule has 1 saturated heterocycles. The van der Waals surface area contributed by atoms with Gasteiger partial charge in [-0.15, -0.1) is 0 Å². The third kappa shape index (κ3) is 4.68. The standard InChI is InChI=1S/C21H22ClN3O5S/c22-16-5-3-4-15(12-16)14-23-20(26)8-11-25-18-7-6-17(13-19(18)30-21(25)27)31(28,29)24-9-1-2-10-24/h3-7,12-13H,1-2,8-11,14H2,(H,23,26). The van der Waals surface area contributed by atoms with Gasteiger partial charge in [-0.25, -0.2) is 13.2 Å². The van der Waals surface area contributed by atoms with Crippen LogP contribution in [0.15, 0.2) is 56.6 Å². The number of carbonyl (C=O) groups is 1. The number of aromatic nitrogens is 1. The zero-order chi connectivity index (χ0) is 22.0. The van der Waals surface area contributed by atoms with Crippen molar-refractivity contribution in [2.45, 2.75) is 37.2 Å². The second-order valence-electron chi connectivity index (χ2n) is 7.42. The number of nitrogens with one attached hydrogen (secondary N) is 1. The monoisotopic (exact) mass is 463 g/mol. The molecule has 1 N–H and O–H groups in total. The topological polar surface area (TPSA) is 102 Å². The van der Waals surface area contributed by atoms with Crippen LogP contribution in [0.25, 0.3) is 11.1 Å². The predicted octanol–water partition coefficient (Wildman–Crippen LogP) is 2.74. The Morgan fingerprint density at radius 3 is 2.65 bits per heavy atom. The van der Waals surface area contributed by atoms with Gasteiger partial charge in [0.1, 0.15) is 0 Å². The first-order chi connectivity index (χ1) is 14.8. The molecule has 1 fully saturated rings. The highest BCUT2D eigenvalue weighted by atomic mass is 35.5. The molecule has 0 spiro atoms. The van der Waals surface area contributed by atoms with E-state index >= 15 is 0 Å². The molecule has 1 aromatic heterocycles. The minimum absolute atomic E-state index is 0.0724. The number of hydrogen-bond acceptors (Lipinski definition) is 5. The Bertz CT molecular complexity index is 1280. The van der Waals surface area contributed by atoms with Gasteiger partial charge in [-0.3, -0.25) is 9.36 Å². The number of rotatable bonds is 7. The number of aryl methyl sites for hydroxylation is 1. The molecule has 31 heavy (non-hydrogen) atoms. The molecule has 8 nitrogen and oxygen atoms in total. The predicted molar refractivity (Wildman–Crippen MR) is 116 cm³/mol. The number of amides is 1. The lowest BCUT2D eigenvalue weighted by Crippen LogP contribution is -2.27. The number of sulfonamides is 1. The summed E-state index contributed by atoms with van der Waals surface area (Å²) < 4.78 is 33.5. The van der Waals surface area contributed by atoms with E-state index in [1.54, 1.807) is 24.3 Å². The summed E-state index contributed by atoms with van der Waals surface area (Å²) in [6.45, 7) is 1.44. The van der Waals surface area contributed by atoms with E-state index in [-0.39, 0.29) is 29.4 Å². The molecule has 2 heterocycles. The van der Waals surface area contributed by atoms with E-state index in [1.807, 2.05) is 6.07 Å². The van der Waals surface area contributed by atoms with E-state index in [0.29, 0.717) is 30.2 Å². The van der Waals surface area contributed by atoms with Gasteiger partial charge in [-0.05, 0) is 42.7 Å². The molecule has 1 aliphatic heterocycles. The lowest BCUT2D eigenvalue weighted by molar-refractivity contribution is -0.121. The molecule has 0 saturated carbocycles. The van der Waals surface area contributed by atoms with Gasteiger partial charge in [0.05, 0.1) is 10.4 Å². The fourth-order valence-corrected chi connectivity index (χ4v) is 5.39. The summed E-state index contributed by atoms with van der Waals surface area (Å²) in [5.41, 5.74) is 1.51. The summed E-state index contributed by atoms with van der Waals surface area (Å²) in [7, 11) is -3.61. The summed E-state index contributed by atoms with van der Waals surface area (Å²) in [6.07, 6.45) is 1.75. The van der Waals surface area contributed by atoms with Gasteiger partial charge in [-0.1, -0.05) is 23.7 Å². The summed E-state index contributed by atoms with van der Waals surface area (Å²) in [5.74, 6) is -0.859. The van der Waals surface area contributed by atoms with Crippen LogP contribution in [0, 0.1) is 0 Å². The first-order valence-electron chi connectivity index (χ1n) is 9.99. The Balaban J connectivity index is 1.45. The SMILES string of the molecule is O=C(CCn1c(=O)oc2cc(S(=O)(=O)N3CCCC3)ccc21)NCc1cccc(Cl)c1. The van der Waals surface area contributed by atoms with Crippen LogP contribution in [-0.4, -0.2) is 36.3 Å². The number of halogens is 1. The molecule has 1 amide bonds. The zero-order valence-corrected chi connectivity index (χ0v) is 18.3. The number of fused-ring (bicyclic) bond motifs is 1. The van der Waals surface area contributed by atoms with Crippen LogP contribution in [0.4, 0.5) is 0 Å². The first kappa shape index (κ1) is 21.6. The van der Waals surface area contributed by atoms with Crippen molar-refractivity contribution in [2.24, 2.45) is 0 Å². The van der Waals surface area contributed by atoms with Gasteiger partial charge in [0.2, 0.25) is 15.9 Å². The third-order valence-electron chi connectivity index (χ3n) is 5.28. The lowest BCUT2D eigenvalue weighted by atomic mass is 10.2. The molecule has 4 rings (SSSR count). The summed E-state index contributed by atoms with van der Waals surface area (Å²) >= 11 is 5.94. The maximum absolute atomic E-state index is 12.7. The Kier molecular flexibility index (Phi) is 6.17. The van der Waals surface area contributed by atoms with Gasteiger partial charge in [-0.2, -0.15) is 4.31 Å². The number of nitrogens with zero attached hydrogens (tertiary/aromatic N) is 2. The van der Waals surface area contributed by atoms with Crippen LogP contribution in [0.2, 0.25) is 5.02 Å². The van der Waals surface area contributed by atoms with Crippen LogP contribution < -0.4 is 11.1 Å².